The van der Waals surface area contributed by atoms with Crippen molar-refractivity contribution < 1.29 is 4.79 Å². The average Bonchev–Trinajstić information content (AvgIpc) is 2.62. The molecule has 3 rings (SSSR count). The average molecular weight is 416 g/mol. The topological polar surface area (TPSA) is 62.3 Å². The lowest BCUT2D eigenvalue weighted by molar-refractivity contribution is 0.102. The standard InChI is InChI=1S/C21H22ClN3O2S/c1-12(2)25(13(3)4)21-24-20(27)16-11-14(9-10-18(16)28-21)23-19(26)15-7-5-6-8-17(15)22/h5-13H,1-4H3,(H,23,26). The first-order chi connectivity index (χ1) is 13.3. The minimum atomic E-state index is -0.323. The van der Waals surface area contributed by atoms with Gasteiger partial charge < -0.3 is 10.2 Å². The van der Waals surface area contributed by atoms with Crippen LogP contribution < -0.4 is 15.8 Å². The van der Waals surface area contributed by atoms with Crippen LogP contribution in [0.25, 0.3) is 10.1 Å². The molecule has 1 aromatic heterocycles. The monoisotopic (exact) mass is 415 g/mol. The second-order valence-electron chi connectivity index (χ2n) is 7.04. The van der Waals surface area contributed by atoms with Crippen LogP contribution in [0, 0.1) is 0 Å². The molecule has 0 aliphatic rings. The summed E-state index contributed by atoms with van der Waals surface area (Å²) >= 11 is 7.55. The maximum Gasteiger partial charge on any atom is 0.281 e. The van der Waals surface area contributed by atoms with E-state index < -0.39 is 0 Å². The molecule has 1 amide bonds. The van der Waals surface area contributed by atoms with Gasteiger partial charge in [0.1, 0.15) is 0 Å². The summed E-state index contributed by atoms with van der Waals surface area (Å²) in [4.78, 5) is 31.5. The molecular weight excluding hydrogens is 394 g/mol. The molecule has 2 aromatic carbocycles. The van der Waals surface area contributed by atoms with E-state index in [1.54, 1.807) is 36.4 Å². The Hall–Kier alpha value is -2.44. The van der Waals surface area contributed by atoms with Crippen LogP contribution in [0.4, 0.5) is 10.8 Å². The second-order valence-corrected chi connectivity index (χ2v) is 8.46. The van der Waals surface area contributed by atoms with Gasteiger partial charge in [0.15, 0.2) is 5.13 Å². The van der Waals surface area contributed by atoms with Gasteiger partial charge in [0.25, 0.3) is 11.5 Å². The molecule has 0 bridgehead atoms. The molecule has 5 nitrogen and oxygen atoms in total. The molecule has 0 spiro atoms. The van der Waals surface area contributed by atoms with Crippen LogP contribution >= 0.6 is 22.9 Å². The van der Waals surface area contributed by atoms with Crippen LogP contribution in [0.1, 0.15) is 38.1 Å². The van der Waals surface area contributed by atoms with Crippen molar-refractivity contribution in [1.29, 1.82) is 0 Å². The highest BCUT2D eigenvalue weighted by Gasteiger charge is 2.18. The minimum absolute atomic E-state index is 0.231. The number of benzene rings is 2. The summed E-state index contributed by atoms with van der Waals surface area (Å²) in [6, 6.07) is 12.6. The molecule has 0 fully saturated rings. The fraction of sp³-hybridized carbons (Fsp3) is 0.286. The third-order valence-electron chi connectivity index (χ3n) is 4.32. The number of hydrogen-bond acceptors (Lipinski definition) is 5. The molecule has 0 unspecified atom stereocenters. The van der Waals surface area contributed by atoms with Gasteiger partial charge in [-0.1, -0.05) is 35.1 Å². The molecule has 0 saturated heterocycles. The number of nitrogens with zero attached hydrogens (tertiary/aromatic N) is 2. The first kappa shape index (κ1) is 20.3. The van der Waals surface area contributed by atoms with Crippen molar-refractivity contribution >= 4 is 49.7 Å². The number of fused-ring (bicyclic) bond motifs is 1. The molecule has 0 saturated carbocycles. The van der Waals surface area contributed by atoms with E-state index in [2.05, 4.69) is 42.9 Å². The van der Waals surface area contributed by atoms with Gasteiger partial charge in [-0.2, -0.15) is 4.98 Å². The lowest BCUT2D eigenvalue weighted by Gasteiger charge is -2.31. The van der Waals surface area contributed by atoms with Crippen LogP contribution in [0.15, 0.2) is 47.3 Å². The molecule has 3 aromatic rings. The van der Waals surface area contributed by atoms with E-state index in [0.717, 1.165) is 4.70 Å². The van der Waals surface area contributed by atoms with Crippen LogP contribution in [0.3, 0.4) is 0 Å². The van der Waals surface area contributed by atoms with E-state index in [0.29, 0.717) is 26.8 Å². The SMILES string of the molecule is CC(C)N(c1nc(=O)c2cc(NC(=O)c3ccccc3Cl)ccc2s1)C(C)C. The molecular formula is C21H22ClN3O2S. The zero-order chi connectivity index (χ0) is 20.4. The van der Waals surface area contributed by atoms with Gasteiger partial charge in [0.2, 0.25) is 0 Å². The molecule has 28 heavy (non-hydrogen) atoms. The molecule has 0 radical (unpaired) electrons. The Bertz CT molecular complexity index is 1070. The predicted octanol–water partition coefficient (Wildman–Crippen LogP) is 5.19. The summed E-state index contributed by atoms with van der Waals surface area (Å²) in [6.45, 7) is 8.32. The van der Waals surface area contributed by atoms with Crippen molar-refractivity contribution in [2.75, 3.05) is 10.2 Å². The van der Waals surface area contributed by atoms with Gasteiger partial charge in [0, 0.05) is 22.5 Å². The zero-order valence-corrected chi connectivity index (χ0v) is 17.8. The maximum atomic E-state index is 12.6. The number of hydrogen-bond donors (Lipinski definition) is 1. The van der Waals surface area contributed by atoms with Crippen molar-refractivity contribution in [2.24, 2.45) is 0 Å². The molecule has 1 heterocycles. The summed E-state index contributed by atoms with van der Waals surface area (Å²) in [5.41, 5.74) is 0.608. The van der Waals surface area contributed by atoms with E-state index in [1.165, 1.54) is 11.3 Å². The number of anilines is 2. The first-order valence-electron chi connectivity index (χ1n) is 9.07. The van der Waals surface area contributed by atoms with Gasteiger partial charge in [-0.3, -0.25) is 9.59 Å². The van der Waals surface area contributed by atoms with Crippen molar-refractivity contribution in [2.45, 2.75) is 39.8 Å². The molecule has 7 heteroatoms. The number of rotatable bonds is 5. The molecule has 0 aliphatic carbocycles. The summed E-state index contributed by atoms with van der Waals surface area (Å²) in [5, 5.41) is 4.36. The van der Waals surface area contributed by atoms with Crippen LogP contribution in [0.2, 0.25) is 5.02 Å². The number of halogens is 1. The van der Waals surface area contributed by atoms with Crippen molar-refractivity contribution in [1.82, 2.24) is 4.98 Å². The van der Waals surface area contributed by atoms with Gasteiger partial charge in [-0.25, -0.2) is 0 Å². The Morgan fingerprint density at radius 1 is 1.11 bits per heavy atom. The van der Waals surface area contributed by atoms with E-state index >= 15 is 0 Å². The smallest absolute Gasteiger partial charge is 0.281 e. The van der Waals surface area contributed by atoms with Crippen molar-refractivity contribution in [3.8, 4) is 0 Å². The van der Waals surface area contributed by atoms with Gasteiger partial charge in [-0.05, 0) is 58.0 Å². The van der Waals surface area contributed by atoms with E-state index in [4.69, 9.17) is 11.6 Å². The van der Waals surface area contributed by atoms with Crippen LogP contribution in [-0.2, 0) is 0 Å². The largest absolute Gasteiger partial charge is 0.343 e. The summed E-state index contributed by atoms with van der Waals surface area (Å²) < 4.78 is 0.831. The second kappa shape index (κ2) is 8.29. The maximum absolute atomic E-state index is 12.6. The fourth-order valence-electron chi connectivity index (χ4n) is 3.12. The third-order valence-corrected chi connectivity index (χ3v) is 5.71. The number of carbonyl (C=O) groups excluding carboxylic acids is 1. The molecule has 1 N–H and O–H groups in total. The number of amides is 1. The van der Waals surface area contributed by atoms with Gasteiger partial charge >= 0.3 is 0 Å². The fourth-order valence-corrected chi connectivity index (χ4v) is 4.59. The number of carbonyl (C=O) groups is 1. The first-order valence-corrected chi connectivity index (χ1v) is 10.3. The summed E-state index contributed by atoms with van der Waals surface area (Å²) in [6.07, 6.45) is 0. The summed E-state index contributed by atoms with van der Waals surface area (Å²) in [7, 11) is 0. The lowest BCUT2D eigenvalue weighted by Crippen LogP contribution is -2.38. The van der Waals surface area contributed by atoms with Crippen LogP contribution in [-0.4, -0.2) is 23.0 Å². The number of aromatic nitrogens is 1. The normalized spacial score (nSPS) is 11.2. The van der Waals surface area contributed by atoms with Crippen LogP contribution in [0.5, 0.6) is 0 Å². The minimum Gasteiger partial charge on any atom is -0.343 e. The Labute approximate surface area is 173 Å². The third kappa shape index (κ3) is 4.18. The number of nitrogens with one attached hydrogen (secondary N) is 1. The summed E-state index contributed by atoms with van der Waals surface area (Å²) in [5.74, 6) is -0.323. The Kier molecular flexibility index (Phi) is 6.01. The quantitative estimate of drug-likeness (QED) is 0.623. The lowest BCUT2D eigenvalue weighted by atomic mass is 10.2. The molecule has 0 atom stereocenters. The highest BCUT2D eigenvalue weighted by Crippen LogP contribution is 2.28. The highest BCUT2D eigenvalue weighted by atomic mass is 35.5. The van der Waals surface area contributed by atoms with Crippen molar-refractivity contribution in [3.05, 3.63) is 63.4 Å². The Morgan fingerprint density at radius 3 is 2.43 bits per heavy atom. The van der Waals surface area contributed by atoms with Crippen molar-refractivity contribution in [3.63, 3.8) is 0 Å². The zero-order valence-electron chi connectivity index (χ0n) is 16.2. The molecule has 0 aliphatic heterocycles. The van der Waals surface area contributed by atoms with Gasteiger partial charge in [0.05, 0.1) is 16.0 Å². The highest BCUT2D eigenvalue weighted by molar-refractivity contribution is 7.21. The Balaban J connectivity index is 1.95. The van der Waals surface area contributed by atoms with E-state index in [-0.39, 0.29) is 23.6 Å². The van der Waals surface area contributed by atoms with Gasteiger partial charge in [-0.15, -0.1) is 0 Å². The Morgan fingerprint density at radius 2 is 1.79 bits per heavy atom. The van der Waals surface area contributed by atoms with E-state index in [9.17, 15) is 9.59 Å². The molecule has 146 valence electrons. The van der Waals surface area contributed by atoms with E-state index in [1.807, 2.05) is 6.07 Å². The predicted molar refractivity (Wildman–Crippen MR) is 118 cm³/mol.